The molecule has 0 radical (unpaired) electrons. The molecule has 0 N–H and O–H groups in total. The summed E-state index contributed by atoms with van der Waals surface area (Å²) in [5.74, 6) is -0.158. The van der Waals surface area contributed by atoms with Crippen LogP contribution in [0, 0.1) is 11.3 Å². The fourth-order valence-corrected chi connectivity index (χ4v) is 5.59. The minimum atomic E-state index is -0.711. The largest absolute Gasteiger partial charge is 0.449 e. The molecular weight excluding hydrogens is 424 g/mol. The van der Waals surface area contributed by atoms with E-state index < -0.39 is 11.0 Å². The first-order valence-corrected chi connectivity index (χ1v) is 11.7. The maximum atomic E-state index is 13.7. The second-order valence-corrected chi connectivity index (χ2v) is 9.60. The highest BCUT2D eigenvalue weighted by atomic mass is 16.6. The Bertz CT molecular complexity index is 1350. The van der Waals surface area contributed by atoms with Crippen LogP contribution in [0.2, 0.25) is 0 Å². The molecule has 1 unspecified atom stereocenters. The van der Waals surface area contributed by atoms with Crippen LogP contribution in [-0.2, 0) is 27.0 Å². The van der Waals surface area contributed by atoms with E-state index in [2.05, 4.69) is 30.3 Å². The molecule has 3 aromatic rings. The van der Waals surface area contributed by atoms with Gasteiger partial charge in [0.25, 0.3) is 0 Å². The summed E-state index contributed by atoms with van der Waals surface area (Å²) >= 11 is 0. The van der Waals surface area contributed by atoms with Crippen LogP contribution in [0.25, 0.3) is 11.1 Å². The summed E-state index contributed by atoms with van der Waals surface area (Å²) in [6.45, 7) is 1.01. The summed E-state index contributed by atoms with van der Waals surface area (Å²) in [5.41, 5.74) is 4.51. The van der Waals surface area contributed by atoms with Crippen LogP contribution >= 0.6 is 0 Å². The molecule has 1 aliphatic carbocycles. The number of ether oxygens (including phenoxy) is 1. The van der Waals surface area contributed by atoms with Crippen molar-refractivity contribution >= 4 is 11.9 Å². The summed E-state index contributed by atoms with van der Waals surface area (Å²) in [6.07, 6.45) is 2.70. The van der Waals surface area contributed by atoms with Crippen molar-refractivity contribution in [2.24, 2.45) is 0 Å². The lowest BCUT2D eigenvalue weighted by Gasteiger charge is -2.27. The Balaban J connectivity index is 1.23. The van der Waals surface area contributed by atoms with Gasteiger partial charge in [0.1, 0.15) is 0 Å². The van der Waals surface area contributed by atoms with Crippen molar-refractivity contribution in [2.75, 3.05) is 13.1 Å². The molecule has 5 nitrogen and oxygen atoms in total. The Kier molecular flexibility index (Phi) is 4.60. The van der Waals surface area contributed by atoms with E-state index in [4.69, 9.17) is 10.00 Å². The zero-order valence-electron chi connectivity index (χ0n) is 18.8. The van der Waals surface area contributed by atoms with E-state index >= 15 is 0 Å². The molecule has 3 aromatic carbocycles. The van der Waals surface area contributed by atoms with Crippen LogP contribution in [0.5, 0.6) is 0 Å². The number of hydrogen-bond acceptors (Lipinski definition) is 4. The molecule has 34 heavy (non-hydrogen) atoms. The number of amides is 1. The predicted octanol–water partition coefficient (Wildman–Crippen LogP) is 4.75. The number of carbonyl (C=O) groups is 2. The molecule has 2 aliphatic heterocycles. The topological polar surface area (TPSA) is 70.4 Å². The lowest BCUT2D eigenvalue weighted by molar-refractivity contribution is -0.134. The SMILES string of the molecule is N#CCc1cccc(-c2ccc(C3(C(=O)N4CCC5(C4)OC(=O)c4ccccc45)CC3)cc2)c1. The summed E-state index contributed by atoms with van der Waals surface area (Å²) in [6, 6.07) is 26.0. The van der Waals surface area contributed by atoms with Gasteiger partial charge in [0.15, 0.2) is 5.60 Å². The number of nitrogens with zero attached hydrogens (tertiary/aromatic N) is 2. The normalized spacial score (nSPS) is 21.7. The van der Waals surface area contributed by atoms with Gasteiger partial charge in [-0.3, -0.25) is 4.79 Å². The quantitative estimate of drug-likeness (QED) is 0.540. The van der Waals surface area contributed by atoms with Crippen molar-refractivity contribution in [3.8, 4) is 17.2 Å². The maximum Gasteiger partial charge on any atom is 0.339 e. The molecule has 2 fully saturated rings. The smallest absolute Gasteiger partial charge is 0.339 e. The van der Waals surface area contributed by atoms with Crippen LogP contribution in [0.1, 0.15) is 46.3 Å². The minimum absolute atomic E-state index is 0.133. The van der Waals surface area contributed by atoms with Crippen molar-refractivity contribution in [3.63, 3.8) is 0 Å². The van der Waals surface area contributed by atoms with Crippen molar-refractivity contribution in [2.45, 2.75) is 36.7 Å². The summed E-state index contributed by atoms with van der Waals surface area (Å²) in [5, 5.41) is 8.97. The molecule has 0 aromatic heterocycles. The lowest BCUT2D eigenvalue weighted by atomic mass is 9.91. The van der Waals surface area contributed by atoms with Crippen LogP contribution in [0.3, 0.4) is 0 Å². The van der Waals surface area contributed by atoms with E-state index in [9.17, 15) is 9.59 Å². The van der Waals surface area contributed by atoms with E-state index in [0.29, 0.717) is 31.5 Å². The van der Waals surface area contributed by atoms with Gasteiger partial charge in [-0.2, -0.15) is 5.26 Å². The van der Waals surface area contributed by atoms with Gasteiger partial charge >= 0.3 is 5.97 Å². The molecule has 1 saturated heterocycles. The number of likely N-dealkylation sites (tertiary alicyclic amines) is 1. The summed E-state index contributed by atoms with van der Waals surface area (Å²) in [7, 11) is 0. The highest BCUT2D eigenvalue weighted by Crippen LogP contribution is 2.52. The number of benzene rings is 3. The molecule has 168 valence electrons. The number of rotatable bonds is 4. The summed E-state index contributed by atoms with van der Waals surface area (Å²) in [4.78, 5) is 28.0. The first-order chi connectivity index (χ1) is 16.5. The molecule has 3 aliphatic rings. The number of nitriles is 1. The number of fused-ring (bicyclic) bond motifs is 2. The van der Waals surface area contributed by atoms with Crippen LogP contribution < -0.4 is 0 Å². The third-order valence-electron chi connectivity index (χ3n) is 7.59. The number of esters is 1. The van der Waals surface area contributed by atoms with Gasteiger partial charge in [0.2, 0.25) is 5.91 Å². The third-order valence-corrected chi connectivity index (χ3v) is 7.59. The van der Waals surface area contributed by atoms with Gasteiger partial charge in [0, 0.05) is 18.5 Å². The second-order valence-electron chi connectivity index (χ2n) is 9.60. The lowest BCUT2D eigenvalue weighted by Crippen LogP contribution is -2.40. The maximum absolute atomic E-state index is 13.7. The Hall–Kier alpha value is -3.91. The second kappa shape index (κ2) is 7.56. The fraction of sp³-hybridized carbons (Fsp3) is 0.276. The molecule has 2 heterocycles. The first kappa shape index (κ1) is 20.7. The molecule has 1 amide bonds. The van der Waals surface area contributed by atoms with Gasteiger partial charge in [0.05, 0.1) is 30.0 Å². The molecule has 0 bridgehead atoms. The Morgan fingerprint density at radius 2 is 1.76 bits per heavy atom. The van der Waals surface area contributed by atoms with E-state index in [-0.39, 0.29) is 11.9 Å². The monoisotopic (exact) mass is 448 g/mol. The first-order valence-electron chi connectivity index (χ1n) is 11.7. The van der Waals surface area contributed by atoms with Crippen molar-refractivity contribution in [1.82, 2.24) is 4.90 Å². The third kappa shape index (κ3) is 3.13. The molecular formula is C29H24N2O3. The number of carbonyl (C=O) groups excluding carboxylic acids is 2. The van der Waals surface area contributed by atoms with E-state index in [0.717, 1.165) is 40.7 Å². The van der Waals surface area contributed by atoms with Gasteiger partial charge in [-0.05, 0) is 41.2 Å². The average Bonchev–Trinajstić information content (AvgIpc) is 3.50. The van der Waals surface area contributed by atoms with Gasteiger partial charge in [-0.15, -0.1) is 0 Å². The average molecular weight is 449 g/mol. The Labute approximate surface area is 198 Å². The van der Waals surface area contributed by atoms with Crippen LogP contribution in [0.15, 0.2) is 72.8 Å². The zero-order valence-corrected chi connectivity index (χ0v) is 18.8. The van der Waals surface area contributed by atoms with Crippen molar-refractivity contribution < 1.29 is 14.3 Å². The highest BCUT2D eigenvalue weighted by Gasteiger charge is 2.57. The Morgan fingerprint density at radius 1 is 0.971 bits per heavy atom. The molecule has 5 heteroatoms. The molecule has 1 atom stereocenters. The fourth-order valence-electron chi connectivity index (χ4n) is 5.59. The van der Waals surface area contributed by atoms with Gasteiger partial charge in [-0.1, -0.05) is 66.7 Å². The van der Waals surface area contributed by atoms with Crippen molar-refractivity contribution in [3.05, 3.63) is 95.1 Å². The zero-order chi connectivity index (χ0) is 23.3. The molecule has 1 spiro atoms. The molecule has 1 saturated carbocycles. The summed E-state index contributed by atoms with van der Waals surface area (Å²) < 4.78 is 5.84. The van der Waals surface area contributed by atoms with E-state index in [1.54, 1.807) is 6.07 Å². The standard InChI is InChI=1S/C29H24N2O3/c30-16-12-20-4-3-5-22(18-20)21-8-10-23(11-9-21)28(13-14-28)27(33)31-17-15-29(19-31)25-7-2-1-6-24(25)26(32)34-29/h1-11,18H,12-15,17,19H2. The van der Waals surface area contributed by atoms with Gasteiger partial charge < -0.3 is 9.64 Å². The minimum Gasteiger partial charge on any atom is -0.449 e. The Morgan fingerprint density at radius 3 is 2.53 bits per heavy atom. The molecule has 6 rings (SSSR count). The predicted molar refractivity (Wildman–Crippen MR) is 127 cm³/mol. The van der Waals surface area contributed by atoms with Crippen LogP contribution in [-0.4, -0.2) is 29.9 Å². The van der Waals surface area contributed by atoms with Gasteiger partial charge in [-0.25, -0.2) is 4.79 Å². The number of hydrogen-bond donors (Lipinski definition) is 0. The van der Waals surface area contributed by atoms with E-state index in [1.165, 1.54) is 0 Å². The van der Waals surface area contributed by atoms with E-state index in [1.807, 2.05) is 47.4 Å². The van der Waals surface area contributed by atoms with Crippen LogP contribution in [0.4, 0.5) is 0 Å². The highest BCUT2D eigenvalue weighted by molar-refractivity contribution is 5.96. The van der Waals surface area contributed by atoms with Crippen molar-refractivity contribution in [1.29, 1.82) is 5.26 Å².